The molecule has 68 valence electrons. The Hall–Kier alpha value is -0.710. The molecule has 0 aromatic carbocycles. The number of rotatable bonds is 2. The highest BCUT2D eigenvalue weighted by atomic mass is 32.1. The minimum atomic E-state index is 0.473. The number of amides is 1. The molecule has 0 aliphatic carbocycles. The first-order valence-corrected chi connectivity index (χ1v) is 4.53. The van der Waals surface area contributed by atoms with Gasteiger partial charge in [0.2, 0.25) is 6.41 Å². The van der Waals surface area contributed by atoms with Gasteiger partial charge in [-0.25, -0.2) is 0 Å². The van der Waals surface area contributed by atoms with Gasteiger partial charge in [0, 0.05) is 31.9 Å². The highest BCUT2D eigenvalue weighted by Gasteiger charge is 2.16. The summed E-state index contributed by atoms with van der Waals surface area (Å²) in [6, 6.07) is 0. The quantitative estimate of drug-likeness (QED) is 0.269. The SMILES string of the molecule is N=C(CS)N1CCN(C=O)CC1. The van der Waals surface area contributed by atoms with Gasteiger partial charge < -0.3 is 9.80 Å². The van der Waals surface area contributed by atoms with Gasteiger partial charge in [-0.2, -0.15) is 12.6 Å². The molecule has 0 bridgehead atoms. The van der Waals surface area contributed by atoms with E-state index in [0.29, 0.717) is 11.6 Å². The third kappa shape index (κ3) is 2.14. The average molecular weight is 187 g/mol. The third-order valence-electron chi connectivity index (χ3n) is 1.99. The van der Waals surface area contributed by atoms with Crippen molar-refractivity contribution in [3.05, 3.63) is 0 Å². The predicted octanol–water partition coefficient (Wildman–Crippen LogP) is -0.333. The summed E-state index contributed by atoms with van der Waals surface area (Å²) in [5.74, 6) is 1.02. The fourth-order valence-corrected chi connectivity index (χ4v) is 1.40. The number of nitrogens with one attached hydrogen (secondary N) is 1. The van der Waals surface area contributed by atoms with Crippen LogP contribution in [-0.4, -0.2) is 54.0 Å². The van der Waals surface area contributed by atoms with E-state index >= 15 is 0 Å². The second-order valence-corrected chi connectivity index (χ2v) is 3.05. The Morgan fingerprint density at radius 2 is 2.00 bits per heavy atom. The highest BCUT2D eigenvalue weighted by Crippen LogP contribution is 2.00. The molecule has 1 amide bonds. The summed E-state index contributed by atoms with van der Waals surface area (Å²) in [5.41, 5.74) is 0. The molecule has 1 fully saturated rings. The van der Waals surface area contributed by atoms with Crippen LogP contribution in [-0.2, 0) is 4.79 Å². The zero-order valence-corrected chi connectivity index (χ0v) is 7.76. The number of hydrogen-bond donors (Lipinski definition) is 2. The summed E-state index contributed by atoms with van der Waals surface area (Å²) >= 11 is 4.02. The van der Waals surface area contributed by atoms with Crippen LogP contribution in [0, 0.1) is 5.41 Å². The molecule has 5 heteroatoms. The van der Waals surface area contributed by atoms with Gasteiger partial charge in [-0.05, 0) is 0 Å². The first-order valence-electron chi connectivity index (χ1n) is 3.90. The topological polar surface area (TPSA) is 47.4 Å². The molecular formula is C7H13N3OS. The second kappa shape index (κ2) is 4.35. The molecule has 0 unspecified atom stereocenters. The van der Waals surface area contributed by atoms with Crippen molar-refractivity contribution in [1.82, 2.24) is 9.80 Å². The van der Waals surface area contributed by atoms with Crippen molar-refractivity contribution in [1.29, 1.82) is 5.41 Å². The smallest absolute Gasteiger partial charge is 0.209 e. The number of amidine groups is 1. The fraction of sp³-hybridized carbons (Fsp3) is 0.714. The zero-order valence-electron chi connectivity index (χ0n) is 6.86. The van der Waals surface area contributed by atoms with Crippen molar-refractivity contribution in [2.45, 2.75) is 0 Å². The van der Waals surface area contributed by atoms with Crippen molar-refractivity contribution in [3.63, 3.8) is 0 Å². The van der Waals surface area contributed by atoms with E-state index < -0.39 is 0 Å². The van der Waals surface area contributed by atoms with Crippen LogP contribution in [0.1, 0.15) is 0 Å². The van der Waals surface area contributed by atoms with Crippen molar-refractivity contribution in [2.24, 2.45) is 0 Å². The number of hydrogen-bond acceptors (Lipinski definition) is 3. The van der Waals surface area contributed by atoms with Crippen LogP contribution in [0.25, 0.3) is 0 Å². The van der Waals surface area contributed by atoms with E-state index in [9.17, 15) is 4.79 Å². The molecule has 0 atom stereocenters. The number of carbonyl (C=O) groups is 1. The third-order valence-corrected chi connectivity index (χ3v) is 2.29. The van der Waals surface area contributed by atoms with E-state index in [1.165, 1.54) is 0 Å². The summed E-state index contributed by atoms with van der Waals surface area (Å²) in [5, 5.41) is 7.50. The van der Waals surface area contributed by atoms with Gasteiger partial charge in [0.1, 0.15) is 5.84 Å². The second-order valence-electron chi connectivity index (χ2n) is 2.73. The lowest BCUT2D eigenvalue weighted by atomic mass is 10.3. The van der Waals surface area contributed by atoms with Crippen molar-refractivity contribution >= 4 is 24.9 Å². The molecule has 1 heterocycles. The van der Waals surface area contributed by atoms with Gasteiger partial charge >= 0.3 is 0 Å². The van der Waals surface area contributed by atoms with E-state index in [1.807, 2.05) is 4.90 Å². The van der Waals surface area contributed by atoms with Crippen LogP contribution in [0.4, 0.5) is 0 Å². The summed E-state index contributed by atoms with van der Waals surface area (Å²) in [4.78, 5) is 14.0. The molecule has 0 saturated carbocycles. The Labute approximate surface area is 77.4 Å². The van der Waals surface area contributed by atoms with Gasteiger partial charge in [0.25, 0.3) is 0 Å². The molecule has 1 rings (SSSR count). The largest absolute Gasteiger partial charge is 0.356 e. The molecule has 1 N–H and O–H groups in total. The Bertz CT molecular complexity index is 177. The van der Waals surface area contributed by atoms with Gasteiger partial charge in [-0.3, -0.25) is 10.2 Å². The van der Waals surface area contributed by atoms with Gasteiger partial charge in [0.15, 0.2) is 0 Å². The number of carbonyl (C=O) groups excluding carboxylic acids is 1. The summed E-state index contributed by atoms with van der Waals surface area (Å²) in [6.45, 7) is 2.97. The number of thiol groups is 1. The lowest BCUT2D eigenvalue weighted by Crippen LogP contribution is -2.48. The molecule has 1 aliphatic rings. The van der Waals surface area contributed by atoms with E-state index in [4.69, 9.17) is 5.41 Å². The Kier molecular flexibility index (Phi) is 3.40. The maximum absolute atomic E-state index is 10.3. The van der Waals surface area contributed by atoms with Crippen LogP contribution in [0.3, 0.4) is 0 Å². The number of piperazine rings is 1. The molecule has 0 aromatic heterocycles. The number of nitrogens with zero attached hydrogens (tertiary/aromatic N) is 2. The van der Waals surface area contributed by atoms with E-state index in [-0.39, 0.29) is 0 Å². The van der Waals surface area contributed by atoms with Crippen LogP contribution in [0.15, 0.2) is 0 Å². The van der Waals surface area contributed by atoms with Gasteiger partial charge in [0.05, 0.1) is 0 Å². The standard InChI is InChI=1S/C7H13N3OS/c8-7(5-12)10-3-1-9(6-11)2-4-10/h6,8,12H,1-5H2. The van der Waals surface area contributed by atoms with E-state index in [1.54, 1.807) is 4.90 Å². The minimum absolute atomic E-state index is 0.473. The Morgan fingerprint density at radius 1 is 1.42 bits per heavy atom. The maximum atomic E-state index is 10.3. The molecule has 12 heavy (non-hydrogen) atoms. The molecule has 0 aromatic rings. The lowest BCUT2D eigenvalue weighted by Gasteiger charge is -2.33. The summed E-state index contributed by atoms with van der Waals surface area (Å²) in [7, 11) is 0. The zero-order chi connectivity index (χ0) is 8.97. The first-order chi connectivity index (χ1) is 5.77. The monoisotopic (exact) mass is 187 g/mol. The maximum Gasteiger partial charge on any atom is 0.209 e. The molecular weight excluding hydrogens is 174 g/mol. The van der Waals surface area contributed by atoms with Crippen LogP contribution < -0.4 is 0 Å². The Balaban J connectivity index is 2.35. The normalized spacial score (nSPS) is 17.8. The molecule has 1 saturated heterocycles. The van der Waals surface area contributed by atoms with Gasteiger partial charge in [-0.15, -0.1) is 0 Å². The summed E-state index contributed by atoms with van der Waals surface area (Å²) in [6.07, 6.45) is 0.863. The minimum Gasteiger partial charge on any atom is -0.356 e. The lowest BCUT2D eigenvalue weighted by molar-refractivity contribution is -0.119. The van der Waals surface area contributed by atoms with Crippen molar-refractivity contribution < 1.29 is 4.79 Å². The molecule has 0 radical (unpaired) electrons. The summed E-state index contributed by atoms with van der Waals surface area (Å²) < 4.78 is 0. The van der Waals surface area contributed by atoms with E-state index in [0.717, 1.165) is 32.6 Å². The van der Waals surface area contributed by atoms with Crippen LogP contribution in [0.2, 0.25) is 0 Å². The Morgan fingerprint density at radius 3 is 2.42 bits per heavy atom. The highest BCUT2D eigenvalue weighted by molar-refractivity contribution is 7.81. The van der Waals surface area contributed by atoms with E-state index in [2.05, 4.69) is 12.6 Å². The van der Waals surface area contributed by atoms with Crippen molar-refractivity contribution in [3.8, 4) is 0 Å². The average Bonchev–Trinajstić information content (AvgIpc) is 2.17. The van der Waals surface area contributed by atoms with Gasteiger partial charge in [-0.1, -0.05) is 0 Å². The molecule has 1 aliphatic heterocycles. The predicted molar refractivity (Wildman–Crippen MR) is 50.8 cm³/mol. The molecule has 0 spiro atoms. The fourth-order valence-electron chi connectivity index (χ4n) is 1.20. The van der Waals surface area contributed by atoms with Crippen molar-refractivity contribution in [2.75, 3.05) is 31.9 Å². The van der Waals surface area contributed by atoms with Crippen LogP contribution >= 0.6 is 12.6 Å². The van der Waals surface area contributed by atoms with Crippen LogP contribution in [0.5, 0.6) is 0 Å². The first kappa shape index (κ1) is 9.38. The molecule has 4 nitrogen and oxygen atoms in total.